The van der Waals surface area contributed by atoms with Crippen molar-refractivity contribution in [3.63, 3.8) is 0 Å². The lowest BCUT2D eigenvalue weighted by Gasteiger charge is -2.11. The second-order valence-corrected chi connectivity index (χ2v) is 3.82. The third-order valence-corrected chi connectivity index (χ3v) is 2.44. The van der Waals surface area contributed by atoms with Gasteiger partial charge in [0.15, 0.2) is 11.6 Å². The van der Waals surface area contributed by atoms with Crippen LogP contribution in [0.4, 0.5) is 8.78 Å². The summed E-state index contributed by atoms with van der Waals surface area (Å²) < 4.78 is 26.1. The molecule has 1 unspecified atom stereocenters. The molecule has 0 radical (unpaired) electrons. The van der Waals surface area contributed by atoms with Crippen LogP contribution in [0, 0.1) is 11.6 Å². The first-order valence-corrected chi connectivity index (χ1v) is 5.33. The number of unbranched alkanes of at least 4 members (excludes halogenated alkanes) is 1. The first kappa shape index (κ1) is 12.1. The van der Waals surface area contributed by atoms with E-state index in [0.717, 1.165) is 25.3 Å². The van der Waals surface area contributed by atoms with Gasteiger partial charge < -0.3 is 5.73 Å². The largest absolute Gasteiger partial charge is 0.327 e. The summed E-state index contributed by atoms with van der Waals surface area (Å²) in [6.45, 7) is 2.08. The maximum atomic E-state index is 13.3. The zero-order valence-corrected chi connectivity index (χ0v) is 8.97. The van der Waals surface area contributed by atoms with E-state index in [0.29, 0.717) is 12.0 Å². The molecule has 0 spiro atoms. The van der Waals surface area contributed by atoms with Crippen LogP contribution in [0.25, 0.3) is 0 Å². The maximum absolute atomic E-state index is 13.3. The summed E-state index contributed by atoms with van der Waals surface area (Å²) in [7, 11) is 0. The van der Waals surface area contributed by atoms with Crippen molar-refractivity contribution in [3.8, 4) is 0 Å². The van der Waals surface area contributed by atoms with E-state index in [1.54, 1.807) is 6.07 Å². The number of benzene rings is 1. The Labute approximate surface area is 89.3 Å². The van der Waals surface area contributed by atoms with Crippen molar-refractivity contribution in [1.82, 2.24) is 0 Å². The first-order chi connectivity index (χ1) is 7.15. The highest BCUT2D eigenvalue weighted by atomic mass is 19.2. The van der Waals surface area contributed by atoms with Crippen molar-refractivity contribution in [2.45, 2.75) is 38.6 Å². The monoisotopic (exact) mass is 213 g/mol. The molecule has 1 atom stereocenters. The first-order valence-electron chi connectivity index (χ1n) is 5.33. The van der Waals surface area contributed by atoms with E-state index < -0.39 is 11.6 Å². The van der Waals surface area contributed by atoms with Crippen LogP contribution in [-0.4, -0.2) is 6.04 Å². The summed E-state index contributed by atoms with van der Waals surface area (Å²) in [5.41, 5.74) is 6.20. The van der Waals surface area contributed by atoms with Crippen molar-refractivity contribution in [1.29, 1.82) is 0 Å². The van der Waals surface area contributed by atoms with Gasteiger partial charge in [-0.15, -0.1) is 0 Å². The molecule has 1 nitrogen and oxygen atoms in total. The molecule has 84 valence electrons. The third-order valence-electron chi connectivity index (χ3n) is 2.44. The van der Waals surface area contributed by atoms with Crippen LogP contribution < -0.4 is 5.73 Å². The Bertz CT molecular complexity index is 312. The Morgan fingerprint density at radius 3 is 2.73 bits per heavy atom. The van der Waals surface area contributed by atoms with Crippen molar-refractivity contribution in [2.24, 2.45) is 5.73 Å². The van der Waals surface area contributed by atoms with Crippen LogP contribution in [0.5, 0.6) is 0 Å². The highest BCUT2D eigenvalue weighted by Crippen LogP contribution is 2.14. The van der Waals surface area contributed by atoms with Crippen molar-refractivity contribution in [2.75, 3.05) is 0 Å². The van der Waals surface area contributed by atoms with Gasteiger partial charge in [-0.1, -0.05) is 31.9 Å². The molecule has 0 aromatic heterocycles. The number of rotatable bonds is 5. The van der Waals surface area contributed by atoms with Crippen LogP contribution in [-0.2, 0) is 6.42 Å². The standard InChI is InChI=1S/C12H17F2N/c1-2-3-6-10(15)8-9-5-4-7-11(13)12(9)14/h4-5,7,10H,2-3,6,8,15H2,1H3. The molecule has 0 saturated carbocycles. The normalized spacial score (nSPS) is 12.8. The van der Waals surface area contributed by atoms with E-state index in [2.05, 4.69) is 6.92 Å². The van der Waals surface area contributed by atoms with Crippen molar-refractivity contribution < 1.29 is 8.78 Å². The second kappa shape index (κ2) is 5.81. The summed E-state index contributed by atoms with van der Waals surface area (Å²) in [5.74, 6) is -1.56. The predicted molar refractivity (Wildman–Crippen MR) is 57.6 cm³/mol. The van der Waals surface area contributed by atoms with Gasteiger partial charge in [-0.2, -0.15) is 0 Å². The summed E-state index contributed by atoms with van der Waals surface area (Å²) >= 11 is 0. The van der Waals surface area contributed by atoms with Crippen LogP contribution in [0.3, 0.4) is 0 Å². The minimum absolute atomic E-state index is 0.0822. The smallest absolute Gasteiger partial charge is 0.162 e. The van der Waals surface area contributed by atoms with E-state index in [1.165, 1.54) is 6.07 Å². The highest BCUT2D eigenvalue weighted by Gasteiger charge is 2.10. The lowest BCUT2D eigenvalue weighted by atomic mass is 10.0. The van der Waals surface area contributed by atoms with E-state index >= 15 is 0 Å². The summed E-state index contributed by atoms with van der Waals surface area (Å²) in [6.07, 6.45) is 3.35. The average Bonchev–Trinajstić information content (AvgIpc) is 2.22. The Morgan fingerprint density at radius 1 is 1.33 bits per heavy atom. The van der Waals surface area contributed by atoms with Crippen LogP contribution in [0.1, 0.15) is 31.7 Å². The Kier molecular flexibility index (Phi) is 4.69. The molecule has 15 heavy (non-hydrogen) atoms. The number of hydrogen-bond acceptors (Lipinski definition) is 1. The number of nitrogens with two attached hydrogens (primary N) is 1. The Balaban J connectivity index is 2.60. The Hall–Kier alpha value is -0.960. The lowest BCUT2D eigenvalue weighted by molar-refractivity contribution is 0.487. The van der Waals surface area contributed by atoms with Crippen molar-refractivity contribution in [3.05, 3.63) is 35.4 Å². The van der Waals surface area contributed by atoms with Gasteiger partial charge in [-0.25, -0.2) is 8.78 Å². The van der Waals surface area contributed by atoms with Crippen LogP contribution >= 0.6 is 0 Å². The molecule has 0 amide bonds. The van der Waals surface area contributed by atoms with E-state index in [9.17, 15) is 8.78 Å². The van der Waals surface area contributed by atoms with Gasteiger partial charge >= 0.3 is 0 Å². The number of hydrogen-bond donors (Lipinski definition) is 1. The highest BCUT2D eigenvalue weighted by molar-refractivity contribution is 5.19. The molecule has 0 bridgehead atoms. The molecular formula is C12H17F2N. The predicted octanol–water partition coefficient (Wildman–Crippen LogP) is 3.02. The molecular weight excluding hydrogens is 196 g/mol. The third kappa shape index (κ3) is 3.59. The molecule has 1 aromatic carbocycles. The molecule has 0 aliphatic rings. The lowest BCUT2D eigenvalue weighted by Crippen LogP contribution is -2.23. The molecule has 3 heteroatoms. The molecule has 1 aromatic rings. The molecule has 0 aliphatic carbocycles. The van der Waals surface area contributed by atoms with Crippen LogP contribution in [0.15, 0.2) is 18.2 Å². The van der Waals surface area contributed by atoms with Gasteiger partial charge in [0.1, 0.15) is 0 Å². The van der Waals surface area contributed by atoms with Gasteiger partial charge in [0.2, 0.25) is 0 Å². The fourth-order valence-corrected chi connectivity index (χ4v) is 1.56. The molecule has 1 rings (SSSR count). The molecule has 0 aliphatic heterocycles. The summed E-state index contributed by atoms with van der Waals surface area (Å²) in [6, 6.07) is 4.14. The minimum Gasteiger partial charge on any atom is -0.327 e. The fraction of sp³-hybridized carbons (Fsp3) is 0.500. The summed E-state index contributed by atoms with van der Waals surface area (Å²) in [4.78, 5) is 0. The zero-order chi connectivity index (χ0) is 11.3. The quantitative estimate of drug-likeness (QED) is 0.799. The van der Waals surface area contributed by atoms with E-state index in [1.807, 2.05) is 0 Å². The topological polar surface area (TPSA) is 26.0 Å². The maximum Gasteiger partial charge on any atom is 0.162 e. The Morgan fingerprint density at radius 2 is 2.07 bits per heavy atom. The average molecular weight is 213 g/mol. The van der Waals surface area contributed by atoms with Gasteiger partial charge in [0.25, 0.3) is 0 Å². The van der Waals surface area contributed by atoms with Crippen molar-refractivity contribution >= 4 is 0 Å². The van der Waals surface area contributed by atoms with Gasteiger partial charge in [0, 0.05) is 6.04 Å². The molecule has 0 saturated heterocycles. The van der Waals surface area contributed by atoms with E-state index in [4.69, 9.17) is 5.73 Å². The summed E-state index contributed by atoms with van der Waals surface area (Å²) in [5, 5.41) is 0. The van der Waals surface area contributed by atoms with Gasteiger partial charge in [-0.05, 0) is 24.5 Å². The minimum atomic E-state index is -0.796. The molecule has 0 fully saturated rings. The zero-order valence-electron chi connectivity index (χ0n) is 8.97. The number of halogens is 2. The van der Waals surface area contributed by atoms with Gasteiger partial charge in [-0.3, -0.25) is 0 Å². The van der Waals surface area contributed by atoms with Gasteiger partial charge in [0.05, 0.1) is 0 Å². The molecule has 2 N–H and O–H groups in total. The van der Waals surface area contributed by atoms with E-state index in [-0.39, 0.29) is 6.04 Å². The fourth-order valence-electron chi connectivity index (χ4n) is 1.56. The SMILES string of the molecule is CCCCC(N)Cc1cccc(F)c1F. The van der Waals surface area contributed by atoms with Crippen LogP contribution in [0.2, 0.25) is 0 Å². The second-order valence-electron chi connectivity index (χ2n) is 3.82. The molecule has 0 heterocycles.